The highest BCUT2D eigenvalue weighted by atomic mass is 32.2. The van der Waals surface area contributed by atoms with Crippen molar-refractivity contribution in [2.24, 2.45) is 0 Å². The Bertz CT molecular complexity index is 555. The number of unbranched alkanes of at least 4 members (excludes halogenated alkanes) is 3. The van der Waals surface area contributed by atoms with Gasteiger partial charge in [0.05, 0.1) is 0 Å². The van der Waals surface area contributed by atoms with Crippen molar-refractivity contribution < 1.29 is 12.9 Å². The molecule has 0 aliphatic carbocycles. The molecule has 0 bridgehead atoms. The molecule has 0 spiro atoms. The highest BCUT2D eigenvalue weighted by Crippen LogP contribution is 2.24. The summed E-state index contributed by atoms with van der Waals surface area (Å²) in [6.07, 6.45) is 4.97. The summed E-state index contributed by atoms with van der Waals surface area (Å²) >= 11 is 0. The second kappa shape index (κ2) is 7.57. The van der Waals surface area contributed by atoms with E-state index >= 15 is 0 Å². The Balaban J connectivity index is 1.91. The third-order valence-electron chi connectivity index (χ3n) is 4.22. The number of hydrogen-bond acceptors (Lipinski definition) is 5. The average molecular weight is 329 g/mol. The molecular weight excluding hydrogens is 302 g/mol. The zero-order chi connectivity index (χ0) is 16.2. The fraction of sp³-hybridized carbons (Fsp3) is 0.800. The Morgan fingerprint density at radius 2 is 1.77 bits per heavy atom. The van der Waals surface area contributed by atoms with E-state index in [1.165, 1.54) is 25.7 Å². The van der Waals surface area contributed by atoms with Crippen LogP contribution in [0.2, 0.25) is 0 Å². The van der Waals surface area contributed by atoms with Crippen LogP contribution in [-0.4, -0.2) is 55.5 Å². The minimum Gasteiger partial charge on any atom is -0.360 e. The summed E-state index contributed by atoms with van der Waals surface area (Å²) in [4.78, 5) is 2.60. The van der Waals surface area contributed by atoms with Crippen molar-refractivity contribution >= 4 is 10.0 Å². The minimum atomic E-state index is -3.48. The third kappa shape index (κ3) is 3.88. The van der Waals surface area contributed by atoms with Gasteiger partial charge in [0.15, 0.2) is 5.76 Å². The van der Waals surface area contributed by atoms with E-state index < -0.39 is 10.0 Å². The van der Waals surface area contributed by atoms with Crippen molar-refractivity contribution in [1.29, 1.82) is 0 Å². The SMILES string of the molecule is CCCCCCN1CCN(S(=O)(=O)c2c(C)noc2C)CC1. The van der Waals surface area contributed by atoms with Crippen molar-refractivity contribution in [2.75, 3.05) is 32.7 Å². The Hall–Kier alpha value is -0.920. The largest absolute Gasteiger partial charge is 0.360 e. The fourth-order valence-corrected chi connectivity index (χ4v) is 4.64. The lowest BCUT2D eigenvalue weighted by Gasteiger charge is -2.33. The second-order valence-corrected chi connectivity index (χ2v) is 7.83. The molecule has 1 aromatic heterocycles. The molecule has 0 unspecified atom stereocenters. The van der Waals surface area contributed by atoms with Crippen LogP contribution in [0.5, 0.6) is 0 Å². The Morgan fingerprint density at radius 1 is 1.09 bits per heavy atom. The van der Waals surface area contributed by atoms with Gasteiger partial charge in [0, 0.05) is 26.2 Å². The van der Waals surface area contributed by atoms with Crippen LogP contribution in [-0.2, 0) is 10.0 Å². The summed E-state index contributed by atoms with van der Waals surface area (Å²) in [6.45, 7) is 9.28. The molecule has 2 heterocycles. The first-order valence-corrected chi connectivity index (χ1v) is 9.56. The number of sulfonamides is 1. The van der Waals surface area contributed by atoms with Gasteiger partial charge >= 0.3 is 0 Å². The standard InChI is InChI=1S/C15H27N3O3S/c1-4-5-6-7-8-17-9-11-18(12-10-17)22(19,20)15-13(2)16-21-14(15)3/h4-12H2,1-3H3. The average Bonchev–Trinajstić information content (AvgIpc) is 2.84. The molecule has 0 N–H and O–H groups in total. The number of nitrogens with zero attached hydrogens (tertiary/aromatic N) is 3. The van der Waals surface area contributed by atoms with E-state index in [2.05, 4.69) is 17.0 Å². The van der Waals surface area contributed by atoms with Gasteiger partial charge in [0.25, 0.3) is 0 Å². The van der Waals surface area contributed by atoms with Crippen molar-refractivity contribution in [3.8, 4) is 0 Å². The third-order valence-corrected chi connectivity index (χ3v) is 6.37. The van der Waals surface area contributed by atoms with Crippen molar-refractivity contribution in [2.45, 2.75) is 51.3 Å². The van der Waals surface area contributed by atoms with E-state index in [1.807, 2.05) is 0 Å². The van der Waals surface area contributed by atoms with Gasteiger partial charge in [-0.3, -0.25) is 0 Å². The van der Waals surface area contributed by atoms with E-state index in [4.69, 9.17) is 4.52 Å². The molecule has 1 aromatic rings. The highest BCUT2D eigenvalue weighted by Gasteiger charge is 2.33. The van der Waals surface area contributed by atoms with Crippen LogP contribution in [0.25, 0.3) is 0 Å². The summed E-state index contributed by atoms with van der Waals surface area (Å²) < 4.78 is 32.0. The zero-order valence-electron chi connectivity index (χ0n) is 13.8. The second-order valence-electron chi connectivity index (χ2n) is 5.96. The van der Waals surface area contributed by atoms with Crippen LogP contribution >= 0.6 is 0 Å². The van der Waals surface area contributed by atoms with E-state index in [9.17, 15) is 8.42 Å². The lowest BCUT2D eigenvalue weighted by molar-refractivity contribution is 0.185. The first-order valence-electron chi connectivity index (χ1n) is 8.12. The van der Waals surface area contributed by atoms with Crippen LogP contribution in [0.1, 0.15) is 44.1 Å². The molecule has 7 heteroatoms. The normalized spacial score (nSPS) is 18.0. The molecule has 0 atom stereocenters. The smallest absolute Gasteiger partial charge is 0.248 e. The lowest BCUT2D eigenvalue weighted by atomic mass is 10.2. The van der Waals surface area contributed by atoms with Gasteiger partial charge in [-0.15, -0.1) is 0 Å². The number of aromatic nitrogens is 1. The number of piperazine rings is 1. The van der Waals surface area contributed by atoms with Crippen LogP contribution in [0, 0.1) is 13.8 Å². The summed E-state index contributed by atoms with van der Waals surface area (Å²) in [5.41, 5.74) is 0.444. The molecule has 0 aromatic carbocycles. The Morgan fingerprint density at radius 3 is 2.32 bits per heavy atom. The lowest BCUT2D eigenvalue weighted by Crippen LogP contribution is -2.48. The highest BCUT2D eigenvalue weighted by molar-refractivity contribution is 7.89. The van der Waals surface area contributed by atoms with Crippen LogP contribution in [0.4, 0.5) is 0 Å². The van der Waals surface area contributed by atoms with Gasteiger partial charge in [-0.1, -0.05) is 31.3 Å². The first kappa shape index (κ1) is 17.4. The van der Waals surface area contributed by atoms with Crippen molar-refractivity contribution in [1.82, 2.24) is 14.4 Å². The topological polar surface area (TPSA) is 66.7 Å². The van der Waals surface area contributed by atoms with Crippen molar-refractivity contribution in [3.63, 3.8) is 0 Å². The van der Waals surface area contributed by atoms with Crippen LogP contribution in [0.15, 0.2) is 9.42 Å². The first-order chi connectivity index (χ1) is 10.5. The quantitative estimate of drug-likeness (QED) is 0.717. The molecule has 1 fully saturated rings. The molecule has 1 saturated heterocycles. The van der Waals surface area contributed by atoms with Gasteiger partial charge in [-0.05, 0) is 26.8 Å². The van der Waals surface area contributed by atoms with Gasteiger partial charge in [0.2, 0.25) is 10.0 Å². The predicted octanol–water partition coefficient (Wildman–Crippen LogP) is 2.18. The maximum atomic E-state index is 12.7. The van der Waals surface area contributed by atoms with Gasteiger partial charge < -0.3 is 9.42 Å². The van der Waals surface area contributed by atoms with Crippen molar-refractivity contribution in [3.05, 3.63) is 11.5 Å². The Kier molecular flexibility index (Phi) is 6.00. The van der Waals surface area contributed by atoms with E-state index in [-0.39, 0.29) is 4.90 Å². The minimum absolute atomic E-state index is 0.240. The molecule has 126 valence electrons. The number of rotatable bonds is 7. The maximum absolute atomic E-state index is 12.7. The van der Waals surface area contributed by atoms with Crippen LogP contribution in [0.3, 0.4) is 0 Å². The summed E-state index contributed by atoms with van der Waals surface area (Å²) in [7, 11) is -3.48. The Labute approximate surface area is 133 Å². The van der Waals surface area contributed by atoms with Crippen LogP contribution < -0.4 is 0 Å². The van der Waals surface area contributed by atoms with E-state index in [0.717, 1.165) is 19.6 Å². The number of hydrogen-bond donors (Lipinski definition) is 0. The summed E-state index contributed by atoms with van der Waals surface area (Å²) in [5, 5.41) is 3.76. The molecule has 22 heavy (non-hydrogen) atoms. The van der Waals surface area contributed by atoms with E-state index in [1.54, 1.807) is 18.2 Å². The summed E-state index contributed by atoms with van der Waals surface area (Å²) in [6, 6.07) is 0. The molecule has 1 aliphatic rings. The molecular formula is C15H27N3O3S. The maximum Gasteiger partial charge on any atom is 0.248 e. The van der Waals surface area contributed by atoms with Gasteiger partial charge in [-0.25, -0.2) is 8.42 Å². The molecule has 2 rings (SSSR count). The fourth-order valence-electron chi connectivity index (χ4n) is 2.93. The molecule has 6 nitrogen and oxygen atoms in total. The molecule has 0 amide bonds. The monoisotopic (exact) mass is 329 g/mol. The zero-order valence-corrected chi connectivity index (χ0v) is 14.7. The molecule has 0 saturated carbocycles. The van der Waals surface area contributed by atoms with Gasteiger partial charge in [-0.2, -0.15) is 4.31 Å². The van der Waals surface area contributed by atoms with Gasteiger partial charge in [0.1, 0.15) is 10.6 Å². The summed E-state index contributed by atoms with van der Waals surface area (Å²) in [5.74, 6) is 0.375. The number of aryl methyl sites for hydroxylation is 2. The predicted molar refractivity (Wildman–Crippen MR) is 85.3 cm³/mol. The van der Waals surface area contributed by atoms with E-state index in [0.29, 0.717) is 24.5 Å². The molecule has 1 aliphatic heterocycles. The molecule has 0 radical (unpaired) electrons.